The van der Waals surface area contributed by atoms with Crippen LogP contribution in [-0.2, 0) is 6.42 Å². The Morgan fingerprint density at radius 2 is 2.00 bits per heavy atom. The Morgan fingerprint density at radius 3 is 2.80 bits per heavy atom. The molecule has 0 aliphatic carbocycles. The Bertz CT molecular complexity index is 753. The summed E-state index contributed by atoms with van der Waals surface area (Å²) in [5, 5.41) is 0.984. The molecular formula is C16H13BrFNO. The van der Waals surface area contributed by atoms with Crippen molar-refractivity contribution in [2.24, 2.45) is 5.73 Å². The van der Waals surface area contributed by atoms with Gasteiger partial charge in [-0.3, -0.25) is 0 Å². The van der Waals surface area contributed by atoms with Crippen molar-refractivity contribution < 1.29 is 8.81 Å². The first-order chi connectivity index (χ1) is 9.65. The van der Waals surface area contributed by atoms with E-state index in [4.69, 9.17) is 10.2 Å². The molecule has 1 atom stereocenters. The molecule has 2 N–H and O–H groups in total. The molecule has 0 saturated heterocycles. The molecule has 0 aliphatic rings. The quantitative estimate of drug-likeness (QED) is 0.762. The molecule has 3 rings (SSSR count). The number of rotatable bonds is 3. The van der Waals surface area contributed by atoms with E-state index in [1.165, 1.54) is 6.07 Å². The lowest BCUT2D eigenvalue weighted by atomic mass is 9.99. The van der Waals surface area contributed by atoms with E-state index < -0.39 is 0 Å². The zero-order valence-electron chi connectivity index (χ0n) is 10.6. The number of hydrogen-bond acceptors (Lipinski definition) is 2. The van der Waals surface area contributed by atoms with E-state index in [1.54, 1.807) is 12.3 Å². The number of nitrogens with two attached hydrogens (primary N) is 1. The molecule has 3 aromatic rings. The predicted octanol–water partition coefficient (Wildman–Crippen LogP) is 4.58. The van der Waals surface area contributed by atoms with Crippen molar-refractivity contribution in [2.45, 2.75) is 12.5 Å². The van der Waals surface area contributed by atoms with Gasteiger partial charge in [0.1, 0.15) is 11.4 Å². The normalized spacial score (nSPS) is 12.8. The van der Waals surface area contributed by atoms with Gasteiger partial charge in [0.15, 0.2) is 0 Å². The van der Waals surface area contributed by atoms with Gasteiger partial charge in [0, 0.05) is 21.5 Å². The summed E-state index contributed by atoms with van der Waals surface area (Å²) in [6.07, 6.45) is 2.09. The smallest absolute Gasteiger partial charge is 0.134 e. The lowest BCUT2D eigenvalue weighted by molar-refractivity contribution is 0.580. The third-order valence-corrected chi connectivity index (χ3v) is 3.86. The summed E-state index contributed by atoms with van der Waals surface area (Å²) >= 11 is 3.25. The van der Waals surface area contributed by atoms with Crippen LogP contribution in [0.15, 0.2) is 57.6 Å². The summed E-state index contributed by atoms with van der Waals surface area (Å²) in [5.74, 6) is -0.248. The van der Waals surface area contributed by atoms with Crippen LogP contribution in [0.3, 0.4) is 0 Å². The fourth-order valence-corrected chi connectivity index (χ4v) is 2.65. The largest absolute Gasteiger partial charge is 0.464 e. The molecule has 0 fully saturated rings. The van der Waals surface area contributed by atoms with Crippen molar-refractivity contribution in [1.82, 2.24) is 0 Å². The van der Waals surface area contributed by atoms with Gasteiger partial charge in [-0.15, -0.1) is 0 Å². The molecule has 20 heavy (non-hydrogen) atoms. The van der Waals surface area contributed by atoms with Crippen LogP contribution in [0.2, 0.25) is 0 Å². The van der Waals surface area contributed by atoms with Crippen LogP contribution in [-0.4, -0.2) is 0 Å². The van der Waals surface area contributed by atoms with E-state index >= 15 is 0 Å². The van der Waals surface area contributed by atoms with Gasteiger partial charge in [0.2, 0.25) is 0 Å². The summed E-state index contributed by atoms with van der Waals surface area (Å²) in [6.45, 7) is 0. The van der Waals surface area contributed by atoms with Crippen molar-refractivity contribution in [3.63, 3.8) is 0 Å². The second-order valence-electron chi connectivity index (χ2n) is 4.73. The van der Waals surface area contributed by atoms with Crippen LogP contribution >= 0.6 is 15.9 Å². The molecule has 0 radical (unpaired) electrons. The molecule has 0 amide bonds. The highest BCUT2D eigenvalue weighted by Crippen LogP contribution is 2.28. The SMILES string of the molecule is NC(Cc1ccc(Br)cc1F)c1coc2ccccc12. The number of fused-ring (bicyclic) bond motifs is 1. The van der Waals surface area contributed by atoms with E-state index in [-0.39, 0.29) is 11.9 Å². The number of halogens is 2. The molecule has 0 bridgehead atoms. The summed E-state index contributed by atoms with van der Waals surface area (Å²) in [5.41, 5.74) is 8.51. The van der Waals surface area contributed by atoms with Gasteiger partial charge < -0.3 is 10.2 Å². The minimum atomic E-state index is -0.297. The maximum absolute atomic E-state index is 13.9. The van der Waals surface area contributed by atoms with Crippen LogP contribution in [0.5, 0.6) is 0 Å². The van der Waals surface area contributed by atoms with Gasteiger partial charge in [0.25, 0.3) is 0 Å². The van der Waals surface area contributed by atoms with E-state index in [2.05, 4.69) is 15.9 Å². The average Bonchev–Trinajstić information content (AvgIpc) is 2.86. The third-order valence-electron chi connectivity index (χ3n) is 3.37. The maximum atomic E-state index is 13.9. The Balaban J connectivity index is 1.91. The van der Waals surface area contributed by atoms with Gasteiger partial charge >= 0.3 is 0 Å². The van der Waals surface area contributed by atoms with Crippen molar-refractivity contribution >= 4 is 26.9 Å². The first kappa shape index (κ1) is 13.3. The first-order valence-electron chi connectivity index (χ1n) is 6.31. The molecule has 1 heterocycles. The molecule has 1 aromatic heterocycles. The second kappa shape index (κ2) is 5.38. The highest BCUT2D eigenvalue weighted by atomic mass is 79.9. The molecule has 2 nitrogen and oxygen atoms in total. The summed E-state index contributed by atoms with van der Waals surface area (Å²) in [7, 11) is 0. The van der Waals surface area contributed by atoms with Crippen LogP contribution in [0.1, 0.15) is 17.2 Å². The summed E-state index contributed by atoms with van der Waals surface area (Å²) < 4.78 is 20.1. The maximum Gasteiger partial charge on any atom is 0.134 e. The Morgan fingerprint density at radius 1 is 1.20 bits per heavy atom. The van der Waals surface area contributed by atoms with Crippen molar-refractivity contribution in [1.29, 1.82) is 0 Å². The van der Waals surface area contributed by atoms with Gasteiger partial charge in [-0.25, -0.2) is 4.39 Å². The summed E-state index contributed by atoms with van der Waals surface area (Å²) in [4.78, 5) is 0. The van der Waals surface area contributed by atoms with Gasteiger partial charge in [-0.2, -0.15) is 0 Å². The zero-order valence-corrected chi connectivity index (χ0v) is 12.2. The predicted molar refractivity (Wildman–Crippen MR) is 80.9 cm³/mol. The monoisotopic (exact) mass is 333 g/mol. The fraction of sp³-hybridized carbons (Fsp3) is 0.125. The molecule has 4 heteroatoms. The Labute approximate surface area is 124 Å². The molecule has 0 aliphatic heterocycles. The second-order valence-corrected chi connectivity index (χ2v) is 5.65. The lowest BCUT2D eigenvalue weighted by Crippen LogP contribution is -2.13. The van der Waals surface area contributed by atoms with E-state index in [0.29, 0.717) is 12.0 Å². The lowest BCUT2D eigenvalue weighted by Gasteiger charge is -2.11. The van der Waals surface area contributed by atoms with Crippen LogP contribution in [0.4, 0.5) is 4.39 Å². The number of benzene rings is 2. The Hall–Kier alpha value is -1.65. The molecule has 1 unspecified atom stereocenters. The van der Waals surface area contributed by atoms with Crippen molar-refractivity contribution in [3.05, 3.63) is 70.1 Å². The highest BCUT2D eigenvalue weighted by molar-refractivity contribution is 9.10. The topological polar surface area (TPSA) is 39.2 Å². The van der Waals surface area contributed by atoms with Crippen molar-refractivity contribution in [3.8, 4) is 0 Å². The van der Waals surface area contributed by atoms with E-state index in [1.807, 2.05) is 30.3 Å². The van der Waals surface area contributed by atoms with Gasteiger partial charge in [-0.1, -0.05) is 40.2 Å². The summed E-state index contributed by atoms with van der Waals surface area (Å²) in [6, 6.07) is 12.4. The van der Waals surface area contributed by atoms with Crippen LogP contribution in [0.25, 0.3) is 11.0 Å². The van der Waals surface area contributed by atoms with Crippen LogP contribution in [0, 0.1) is 5.82 Å². The molecule has 2 aromatic carbocycles. The van der Waals surface area contributed by atoms with Gasteiger partial charge in [-0.05, 0) is 30.2 Å². The van der Waals surface area contributed by atoms with Crippen LogP contribution < -0.4 is 5.73 Å². The Kier molecular flexibility index (Phi) is 3.59. The molecule has 0 spiro atoms. The van der Waals surface area contributed by atoms with Crippen molar-refractivity contribution in [2.75, 3.05) is 0 Å². The number of hydrogen-bond donors (Lipinski definition) is 1. The number of furan rings is 1. The first-order valence-corrected chi connectivity index (χ1v) is 7.10. The van der Waals surface area contributed by atoms with Gasteiger partial charge in [0.05, 0.1) is 6.26 Å². The van der Waals surface area contributed by atoms with E-state index in [0.717, 1.165) is 21.0 Å². The highest BCUT2D eigenvalue weighted by Gasteiger charge is 2.15. The minimum Gasteiger partial charge on any atom is -0.464 e. The molecule has 102 valence electrons. The average molecular weight is 334 g/mol. The standard InChI is InChI=1S/C16H13BrFNO/c17-11-6-5-10(14(18)8-11)7-15(19)13-9-20-16-4-2-1-3-12(13)16/h1-6,8-9,15H,7,19H2. The minimum absolute atomic E-state index is 0.248. The number of para-hydroxylation sites is 1. The zero-order chi connectivity index (χ0) is 14.1. The van der Waals surface area contributed by atoms with E-state index in [9.17, 15) is 4.39 Å². The molecular weight excluding hydrogens is 321 g/mol. The fourth-order valence-electron chi connectivity index (χ4n) is 2.32. The molecule has 0 saturated carbocycles. The third kappa shape index (κ3) is 2.49.